The highest BCUT2D eigenvalue weighted by atomic mass is 35.5. The highest BCUT2D eigenvalue weighted by molar-refractivity contribution is 6.30. The van der Waals surface area contributed by atoms with Crippen molar-refractivity contribution in [2.45, 2.75) is 13.8 Å². The smallest absolute Gasteiger partial charge is 0.311 e. The number of anilines is 1. The van der Waals surface area contributed by atoms with Crippen molar-refractivity contribution in [3.05, 3.63) is 93.0 Å². The molecule has 0 saturated carbocycles. The van der Waals surface area contributed by atoms with Crippen LogP contribution in [0.1, 0.15) is 21.6 Å². The van der Waals surface area contributed by atoms with Gasteiger partial charge in [-0.3, -0.25) is 19.9 Å². The molecular formula is C25H21ClN4O3. The van der Waals surface area contributed by atoms with E-state index in [-0.39, 0.29) is 5.56 Å². The number of fused-ring (bicyclic) bond motifs is 1. The van der Waals surface area contributed by atoms with Crippen LogP contribution < -0.4 is 16.2 Å². The number of hydrogen-bond donors (Lipinski definition) is 2. The van der Waals surface area contributed by atoms with E-state index < -0.39 is 11.9 Å². The minimum Gasteiger partial charge on any atom is -0.311 e. The van der Waals surface area contributed by atoms with E-state index in [0.717, 1.165) is 22.2 Å². The Hall–Kier alpha value is -3.97. The lowest BCUT2D eigenvalue weighted by Crippen LogP contribution is -2.34. The van der Waals surface area contributed by atoms with E-state index in [9.17, 15) is 14.4 Å². The lowest BCUT2D eigenvalue weighted by molar-refractivity contribution is 0.0967. The first-order valence-corrected chi connectivity index (χ1v) is 10.6. The molecule has 0 aliphatic carbocycles. The fourth-order valence-electron chi connectivity index (χ4n) is 3.59. The third kappa shape index (κ3) is 4.63. The van der Waals surface area contributed by atoms with E-state index in [1.807, 2.05) is 26.0 Å². The minimum atomic E-state index is -0.684. The second kappa shape index (κ2) is 8.88. The van der Waals surface area contributed by atoms with Gasteiger partial charge in [0.15, 0.2) is 0 Å². The summed E-state index contributed by atoms with van der Waals surface area (Å²) < 4.78 is 1.59. The Kier molecular flexibility index (Phi) is 5.98. The van der Waals surface area contributed by atoms with Gasteiger partial charge in [0.1, 0.15) is 0 Å². The molecule has 0 saturated heterocycles. The molecule has 0 aliphatic heterocycles. The molecule has 166 valence electrons. The summed E-state index contributed by atoms with van der Waals surface area (Å²) in [5, 5.41) is 6.26. The monoisotopic (exact) mass is 460 g/mol. The Balaban J connectivity index is 1.62. The lowest BCUT2D eigenvalue weighted by atomic mass is 9.99. The highest BCUT2D eigenvalue weighted by Crippen LogP contribution is 2.27. The second-order valence-electron chi connectivity index (χ2n) is 7.75. The SMILES string of the molecule is Cc1cc2c(cn1)cc(-c1cc(NC(=O)NC(=O)c3ccc(Cl)cc3)ccc1C)c(=O)n2C. The standard InChI is InChI=1S/C25H21ClN4O3/c1-14-4-9-19(28-25(33)29-23(31)16-5-7-18(26)8-6-16)12-20(14)21-11-17-13-27-15(2)10-22(17)30(3)24(21)32/h4-13H,1-3H3,(H2,28,29,31,33). The quantitative estimate of drug-likeness (QED) is 0.457. The number of aromatic nitrogens is 2. The van der Waals surface area contributed by atoms with Gasteiger partial charge in [-0.2, -0.15) is 0 Å². The minimum absolute atomic E-state index is 0.157. The van der Waals surface area contributed by atoms with Crippen LogP contribution in [0.25, 0.3) is 22.0 Å². The number of hydrogen-bond acceptors (Lipinski definition) is 4. The summed E-state index contributed by atoms with van der Waals surface area (Å²) in [4.78, 5) is 42.1. The highest BCUT2D eigenvalue weighted by Gasteiger charge is 2.14. The van der Waals surface area contributed by atoms with Crippen LogP contribution in [0.15, 0.2) is 65.6 Å². The Labute approximate surface area is 195 Å². The van der Waals surface area contributed by atoms with Crippen LogP contribution in [0.3, 0.4) is 0 Å². The maximum absolute atomic E-state index is 13.1. The molecule has 0 unspecified atom stereocenters. The van der Waals surface area contributed by atoms with Gasteiger partial charge in [-0.1, -0.05) is 17.7 Å². The number of imide groups is 1. The molecule has 7 nitrogen and oxygen atoms in total. The molecule has 0 bridgehead atoms. The molecule has 0 atom stereocenters. The van der Waals surface area contributed by atoms with E-state index in [1.165, 1.54) is 12.1 Å². The summed E-state index contributed by atoms with van der Waals surface area (Å²) in [6.07, 6.45) is 1.74. The number of carbonyl (C=O) groups is 2. The molecule has 2 aromatic heterocycles. The number of halogens is 1. The molecule has 2 heterocycles. The maximum atomic E-state index is 13.1. The van der Waals surface area contributed by atoms with Gasteiger partial charge < -0.3 is 9.88 Å². The molecule has 2 aromatic carbocycles. The van der Waals surface area contributed by atoms with Gasteiger partial charge in [0.25, 0.3) is 11.5 Å². The normalized spacial score (nSPS) is 10.8. The Morgan fingerprint density at radius 1 is 0.970 bits per heavy atom. The van der Waals surface area contributed by atoms with Crippen molar-refractivity contribution in [1.82, 2.24) is 14.9 Å². The van der Waals surface area contributed by atoms with Crippen LogP contribution in [0.5, 0.6) is 0 Å². The molecule has 0 radical (unpaired) electrons. The van der Waals surface area contributed by atoms with Crippen molar-refractivity contribution in [1.29, 1.82) is 0 Å². The topological polar surface area (TPSA) is 93.1 Å². The fourth-order valence-corrected chi connectivity index (χ4v) is 3.71. The predicted octanol–water partition coefficient (Wildman–Crippen LogP) is 4.83. The number of rotatable bonds is 3. The van der Waals surface area contributed by atoms with Gasteiger partial charge >= 0.3 is 6.03 Å². The summed E-state index contributed by atoms with van der Waals surface area (Å²) in [7, 11) is 1.72. The number of benzene rings is 2. The Morgan fingerprint density at radius 2 is 1.70 bits per heavy atom. The summed E-state index contributed by atoms with van der Waals surface area (Å²) >= 11 is 5.83. The average molecular weight is 461 g/mol. The van der Waals surface area contributed by atoms with Gasteiger partial charge in [-0.05, 0) is 73.5 Å². The second-order valence-corrected chi connectivity index (χ2v) is 8.19. The largest absolute Gasteiger partial charge is 0.326 e. The van der Waals surface area contributed by atoms with Gasteiger partial charge in [-0.25, -0.2) is 4.79 Å². The summed E-state index contributed by atoms with van der Waals surface area (Å²) in [5.41, 5.74) is 4.26. The van der Waals surface area contributed by atoms with Crippen LogP contribution in [-0.2, 0) is 7.05 Å². The number of urea groups is 1. The van der Waals surface area contributed by atoms with Crippen molar-refractivity contribution in [2.75, 3.05) is 5.32 Å². The summed E-state index contributed by atoms with van der Waals surface area (Å²) in [5.74, 6) is -0.553. The summed E-state index contributed by atoms with van der Waals surface area (Å²) in [6.45, 7) is 3.76. The van der Waals surface area contributed by atoms with Crippen LogP contribution in [0.2, 0.25) is 5.02 Å². The molecule has 33 heavy (non-hydrogen) atoms. The molecule has 0 spiro atoms. The number of amides is 3. The molecule has 4 aromatic rings. The zero-order chi connectivity index (χ0) is 23.7. The van der Waals surface area contributed by atoms with Gasteiger partial charge in [0.05, 0.1) is 5.52 Å². The molecule has 0 fully saturated rings. The van der Waals surface area contributed by atoms with Gasteiger partial charge in [0.2, 0.25) is 0 Å². The number of nitrogens with one attached hydrogen (secondary N) is 2. The molecule has 3 amide bonds. The summed E-state index contributed by atoms with van der Waals surface area (Å²) in [6, 6.07) is 14.4. The first-order valence-electron chi connectivity index (χ1n) is 10.2. The third-order valence-corrected chi connectivity index (χ3v) is 5.62. The molecule has 8 heteroatoms. The molecular weight excluding hydrogens is 440 g/mol. The van der Waals surface area contributed by atoms with Gasteiger partial charge in [-0.15, -0.1) is 0 Å². The van der Waals surface area contributed by atoms with Crippen LogP contribution in [0, 0.1) is 13.8 Å². The van der Waals surface area contributed by atoms with E-state index in [1.54, 1.807) is 48.1 Å². The number of aryl methyl sites for hydroxylation is 3. The third-order valence-electron chi connectivity index (χ3n) is 5.36. The van der Waals surface area contributed by atoms with Crippen molar-refractivity contribution < 1.29 is 9.59 Å². The molecule has 0 aliphatic rings. The van der Waals surface area contributed by atoms with Crippen molar-refractivity contribution >= 4 is 40.1 Å². The van der Waals surface area contributed by atoms with Crippen LogP contribution in [0.4, 0.5) is 10.5 Å². The first-order chi connectivity index (χ1) is 15.7. The van der Waals surface area contributed by atoms with Gasteiger partial charge in [0, 0.05) is 46.2 Å². The van der Waals surface area contributed by atoms with Crippen LogP contribution in [-0.4, -0.2) is 21.5 Å². The maximum Gasteiger partial charge on any atom is 0.326 e. The molecule has 2 N–H and O–H groups in total. The van der Waals surface area contributed by atoms with Crippen molar-refractivity contribution in [3.63, 3.8) is 0 Å². The van der Waals surface area contributed by atoms with Crippen LogP contribution >= 0.6 is 11.6 Å². The molecule has 4 rings (SSSR count). The Morgan fingerprint density at radius 3 is 2.42 bits per heavy atom. The van der Waals surface area contributed by atoms with E-state index in [0.29, 0.717) is 27.4 Å². The zero-order valence-electron chi connectivity index (χ0n) is 18.3. The first kappa shape index (κ1) is 22.2. The fraction of sp³-hybridized carbons (Fsp3) is 0.120. The van der Waals surface area contributed by atoms with E-state index >= 15 is 0 Å². The Bertz CT molecular complexity index is 1460. The van der Waals surface area contributed by atoms with Crippen molar-refractivity contribution in [2.24, 2.45) is 7.05 Å². The zero-order valence-corrected chi connectivity index (χ0v) is 19.0. The lowest BCUT2D eigenvalue weighted by Gasteiger charge is -2.13. The number of carbonyl (C=O) groups excluding carboxylic acids is 2. The average Bonchev–Trinajstić information content (AvgIpc) is 2.78. The van der Waals surface area contributed by atoms with Crippen molar-refractivity contribution in [3.8, 4) is 11.1 Å². The van der Waals surface area contributed by atoms with E-state index in [4.69, 9.17) is 11.6 Å². The number of nitrogens with zero attached hydrogens (tertiary/aromatic N) is 2. The predicted molar refractivity (Wildman–Crippen MR) is 130 cm³/mol. The van der Waals surface area contributed by atoms with E-state index in [2.05, 4.69) is 15.6 Å². The number of pyridine rings is 2.